The molecule has 0 atom stereocenters. The monoisotopic (exact) mass is 476 g/mol. The van der Waals surface area contributed by atoms with E-state index in [-0.39, 0.29) is 30.8 Å². The Hall–Kier alpha value is -2.68. The number of piperazine rings is 1. The fourth-order valence-corrected chi connectivity index (χ4v) is 5.01. The Labute approximate surface area is 194 Å². The molecule has 4 rings (SSSR count). The molecule has 2 amide bonds. The minimum absolute atomic E-state index is 0.0802. The molecule has 0 spiro atoms. The molecule has 32 heavy (non-hydrogen) atoms. The smallest absolute Gasteiger partial charge is 0.264 e. The molecule has 0 bridgehead atoms. The highest BCUT2D eigenvalue weighted by atomic mass is 35.5. The van der Waals surface area contributed by atoms with E-state index < -0.39 is 0 Å². The molecule has 1 aliphatic rings. The van der Waals surface area contributed by atoms with Gasteiger partial charge in [0.1, 0.15) is 11.6 Å². The zero-order chi connectivity index (χ0) is 22.7. The Bertz CT molecular complexity index is 1130. The average Bonchev–Trinajstić information content (AvgIpc) is 3.18. The lowest BCUT2D eigenvalue weighted by Gasteiger charge is -2.34. The highest BCUT2D eigenvalue weighted by Crippen LogP contribution is 2.34. The maximum atomic E-state index is 14.4. The van der Waals surface area contributed by atoms with E-state index in [1.165, 1.54) is 24.5 Å². The summed E-state index contributed by atoms with van der Waals surface area (Å²) in [7, 11) is 1.52. The molecule has 0 saturated carbocycles. The van der Waals surface area contributed by atoms with Crippen LogP contribution in [0.5, 0.6) is 5.75 Å². The van der Waals surface area contributed by atoms with Gasteiger partial charge in [-0.25, -0.2) is 4.39 Å². The number of hydrogen-bond donors (Lipinski definition) is 0. The van der Waals surface area contributed by atoms with Crippen LogP contribution in [0.25, 0.3) is 10.1 Å². The van der Waals surface area contributed by atoms with Gasteiger partial charge in [-0.05, 0) is 36.4 Å². The van der Waals surface area contributed by atoms with Gasteiger partial charge < -0.3 is 19.3 Å². The van der Waals surface area contributed by atoms with E-state index >= 15 is 0 Å². The SMILES string of the molecule is COCc1c(C(=O)N2CCN(C(=O)COc3ccc(Cl)cc3)CC2)sc2cccc(F)c12. The third-order valence-electron chi connectivity index (χ3n) is 5.34. The minimum atomic E-state index is -0.360. The van der Waals surface area contributed by atoms with Crippen molar-refractivity contribution in [2.75, 3.05) is 39.9 Å². The second-order valence-corrected chi connectivity index (χ2v) is 8.86. The summed E-state index contributed by atoms with van der Waals surface area (Å²) in [6.45, 7) is 1.69. The first-order chi connectivity index (χ1) is 15.5. The Morgan fingerprint density at radius 1 is 1.06 bits per heavy atom. The van der Waals surface area contributed by atoms with Gasteiger partial charge in [-0.15, -0.1) is 11.3 Å². The average molecular weight is 477 g/mol. The van der Waals surface area contributed by atoms with E-state index in [4.69, 9.17) is 21.1 Å². The fraction of sp³-hybridized carbons (Fsp3) is 0.304. The van der Waals surface area contributed by atoms with E-state index in [0.29, 0.717) is 57.5 Å². The maximum absolute atomic E-state index is 14.4. The van der Waals surface area contributed by atoms with Gasteiger partial charge in [0, 0.05) is 54.0 Å². The summed E-state index contributed by atoms with van der Waals surface area (Å²) in [5, 5.41) is 1.04. The zero-order valence-electron chi connectivity index (χ0n) is 17.5. The number of fused-ring (bicyclic) bond motifs is 1. The summed E-state index contributed by atoms with van der Waals surface area (Å²) >= 11 is 7.12. The van der Waals surface area contributed by atoms with E-state index in [1.807, 2.05) is 0 Å². The van der Waals surface area contributed by atoms with Crippen molar-refractivity contribution in [1.82, 2.24) is 9.80 Å². The summed E-state index contributed by atoms with van der Waals surface area (Å²) in [6, 6.07) is 11.6. The molecule has 0 N–H and O–H groups in total. The first-order valence-electron chi connectivity index (χ1n) is 10.1. The molecule has 1 aliphatic heterocycles. The van der Waals surface area contributed by atoms with Gasteiger partial charge in [0.25, 0.3) is 11.8 Å². The predicted octanol–water partition coefficient (Wildman–Crippen LogP) is 4.20. The largest absolute Gasteiger partial charge is 0.484 e. The van der Waals surface area contributed by atoms with Gasteiger partial charge in [0.2, 0.25) is 0 Å². The lowest BCUT2D eigenvalue weighted by molar-refractivity contribution is -0.134. The molecule has 6 nitrogen and oxygen atoms in total. The second-order valence-electron chi connectivity index (χ2n) is 7.37. The van der Waals surface area contributed by atoms with Crippen molar-refractivity contribution in [2.45, 2.75) is 6.61 Å². The number of halogens is 2. The number of nitrogens with zero attached hydrogens (tertiary/aromatic N) is 2. The van der Waals surface area contributed by atoms with Crippen molar-refractivity contribution >= 4 is 44.8 Å². The molecular weight excluding hydrogens is 455 g/mol. The predicted molar refractivity (Wildman–Crippen MR) is 122 cm³/mol. The molecule has 2 aromatic carbocycles. The van der Waals surface area contributed by atoms with Crippen LogP contribution in [-0.2, 0) is 16.1 Å². The fourth-order valence-electron chi connectivity index (χ4n) is 3.69. The number of thiophene rings is 1. The van der Waals surface area contributed by atoms with Gasteiger partial charge in [-0.1, -0.05) is 17.7 Å². The molecule has 3 aromatic rings. The number of ether oxygens (including phenoxy) is 2. The molecule has 9 heteroatoms. The van der Waals surface area contributed by atoms with E-state index in [0.717, 1.165) is 0 Å². The van der Waals surface area contributed by atoms with Crippen LogP contribution in [0.1, 0.15) is 15.2 Å². The van der Waals surface area contributed by atoms with Crippen LogP contribution in [0.3, 0.4) is 0 Å². The topological polar surface area (TPSA) is 59.1 Å². The molecule has 1 saturated heterocycles. The molecule has 0 unspecified atom stereocenters. The van der Waals surface area contributed by atoms with Crippen LogP contribution in [-0.4, -0.2) is 61.5 Å². The van der Waals surface area contributed by atoms with Crippen LogP contribution in [0, 0.1) is 5.82 Å². The van der Waals surface area contributed by atoms with Crippen molar-refractivity contribution < 1.29 is 23.5 Å². The summed E-state index contributed by atoms with van der Waals surface area (Å²) < 4.78 is 25.9. The number of rotatable bonds is 6. The highest BCUT2D eigenvalue weighted by molar-refractivity contribution is 7.21. The Kier molecular flexibility index (Phi) is 6.93. The first kappa shape index (κ1) is 22.5. The zero-order valence-corrected chi connectivity index (χ0v) is 19.0. The number of benzene rings is 2. The molecule has 1 fully saturated rings. The maximum Gasteiger partial charge on any atom is 0.264 e. The Balaban J connectivity index is 1.39. The van der Waals surface area contributed by atoms with Crippen LogP contribution in [0.15, 0.2) is 42.5 Å². The van der Waals surface area contributed by atoms with Crippen molar-refractivity contribution in [3.8, 4) is 5.75 Å². The molecule has 0 radical (unpaired) electrons. The Morgan fingerprint density at radius 2 is 1.75 bits per heavy atom. The summed E-state index contributed by atoms with van der Waals surface area (Å²) in [5.41, 5.74) is 0.575. The number of carbonyl (C=O) groups excluding carboxylic acids is 2. The molecule has 0 aliphatic carbocycles. The first-order valence-corrected chi connectivity index (χ1v) is 11.3. The van der Waals surface area contributed by atoms with Gasteiger partial charge in [0.15, 0.2) is 6.61 Å². The normalized spacial score (nSPS) is 14.1. The summed E-state index contributed by atoms with van der Waals surface area (Å²) in [6.07, 6.45) is 0. The van der Waals surface area contributed by atoms with E-state index in [1.54, 1.807) is 46.2 Å². The van der Waals surface area contributed by atoms with Crippen LogP contribution in [0.2, 0.25) is 5.02 Å². The quantitative estimate of drug-likeness (QED) is 0.535. The van der Waals surface area contributed by atoms with E-state index in [2.05, 4.69) is 0 Å². The number of methoxy groups -OCH3 is 1. The van der Waals surface area contributed by atoms with Crippen molar-refractivity contribution in [1.29, 1.82) is 0 Å². The molecule has 2 heterocycles. The van der Waals surface area contributed by atoms with Crippen molar-refractivity contribution in [3.63, 3.8) is 0 Å². The van der Waals surface area contributed by atoms with E-state index in [9.17, 15) is 14.0 Å². The number of amides is 2. The molecule has 1 aromatic heterocycles. The van der Waals surface area contributed by atoms with Crippen molar-refractivity contribution in [2.24, 2.45) is 0 Å². The van der Waals surface area contributed by atoms with Crippen LogP contribution >= 0.6 is 22.9 Å². The van der Waals surface area contributed by atoms with Gasteiger partial charge >= 0.3 is 0 Å². The van der Waals surface area contributed by atoms with Crippen LogP contribution < -0.4 is 4.74 Å². The van der Waals surface area contributed by atoms with Crippen molar-refractivity contribution in [3.05, 3.63) is 63.7 Å². The summed E-state index contributed by atoms with van der Waals surface area (Å²) in [4.78, 5) is 29.6. The van der Waals surface area contributed by atoms with Gasteiger partial charge in [0.05, 0.1) is 11.5 Å². The van der Waals surface area contributed by atoms with Gasteiger partial charge in [-0.3, -0.25) is 9.59 Å². The van der Waals surface area contributed by atoms with Crippen LogP contribution in [0.4, 0.5) is 4.39 Å². The second kappa shape index (κ2) is 9.85. The lowest BCUT2D eigenvalue weighted by atomic mass is 10.1. The lowest BCUT2D eigenvalue weighted by Crippen LogP contribution is -2.51. The third kappa shape index (κ3) is 4.72. The Morgan fingerprint density at radius 3 is 2.44 bits per heavy atom. The standard InChI is InChI=1S/C23H22ClFN2O4S/c1-30-13-17-21-18(25)3-2-4-19(21)32-22(17)23(29)27-11-9-26(10-12-27)20(28)14-31-16-7-5-15(24)6-8-16/h2-8H,9-14H2,1H3. The molecular formula is C23H22ClFN2O4S. The third-order valence-corrected chi connectivity index (χ3v) is 6.78. The number of hydrogen-bond acceptors (Lipinski definition) is 5. The number of carbonyl (C=O) groups is 2. The summed E-state index contributed by atoms with van der Waals surface area (Å²) in [5.74, 6) is -0.0987. The minimum Gasteiger partial charge on any atom is -0.484 e. The van der Waals surface area contributed by atoms with Gasteiger partial charge in [-0.2, -0.15) is 0 Å². The highest BCUT2D eigenvalue weighted by Gasteiger charge is 2.29. The molecule has 168 valence electrons.